The van der Waals surface area contributed by atoms with Gasteiger partial charge in [0.05, 0.1) is 7.11 Å². The first kappa shape index (κ1) is 12.2. The Morgan fingerprint density at radius 3 is 2.79 bits per heavy atom. The van der Waals surface area contributed by atoms with Crippen molar-refractivity contribution in [2.24, 2.45) is 0 Å². The van der Waals surface area contributed by atoms with Gasteiger partial charge < -0.3 is 9.84 Å². The molecule has 1 fully saturated rings. The van der Waals surface area contributed by atoms with E-state index in [1.807, 2.05) is 12.1 Å². The molecular weight excluding hydrogens is 264 g/mol. The maximum Gasteiger partial charge on any atom is 0.346 e. The van der Waals surface area contributed by atoms with Crippen molar-refractivity contribution >= 4 is 27.4 Å². The van der Waals surface area contributed by atoms with Crippen LogP contribution in [0, 0.1) is 0 Å². The van der Waals surface area contributed by atoms with E-state index in [1.165, 1.54) is 25.5 Å². The van der Waals surface area contributed by atoms with E-state index in [0.29, 0.717) is 16.0 Å². The summed E-state index contributed by atoms with van der Waals surface area (Å²) in [6, 6.07) is 5.58. The molecule has 0 spiro atoms. The number of carbonyl (C=O) groups is 1. The summed E-state index contributed by atoms with van der Waals surface area (Å²) in [5.74, 6) is -0.221. The largest absolute Gasteiger partial charge is 0.499 e. The van der Waals surface area contributed by atoms with E-state index in [1.54, 1.807) is 6.07 Å². The molecule has 98 valence electrons. The Morgan fingerprint density at radius 1 is 1.42 bits per heavy atom. The van der Waals surface area contributed by atoms with Gasteiger partial charge in [0.1, 0.15) is 0 Å². The zero-order valence-corrected chi connectivity index (χ0v) is 11.1. The van der Waals surface area contributed by atoms with Crippen LogP contribution in [0.4, 0.5) is 0 Å². The molecule has 3 rings (SSSR count). The summed E-state index contributed by atoms with van der Waals surface area (Å²) in [5.41, 5.74) is 0.438. The third-order valence-electron chi connectivity index (χ3n) is 3.34. The molecule has 1 saturated carbocycles. The van der Waals surface area contributed by atoms with Crippen molar-refractivity contribution in [2.75, 3.05) is 7.11 Å². The molecule has 1 aliphatic carbocycles. The number of hydrogen-bond acceptors (Lipinski definition) is 5. The minimum Gasteiger partial charge on any atom is -0.499 e. The van der Waals surface area contributed by atoms with E-state index in [0.717, 1.165) is 11.3 Å². The van der Waals surface area contributed by atoms with Gasteiger partial charge in [-0.1, -0.05) is 17.4 Å². The third-order valence-corrected chi connectivity index (χ3v) is 4.29. The van der Waals surface area contributed by atoms with Gasteiger partial charge in [0, 0.05) is 10.1 Å². The number of carbonyl (C=O) groups excluding carboxylic acids is 1. The predicted octanol–water partition coefficient (Wildman–Crippen LogP) is 2.63. The number of rotatable bonds is 2. The fourth-order valence-corrected chi connectivity index (χ4v) is 3.10. The number of methoxy groups -OCH3 is 1. The topological polar surface area (TPSA) is 63.6 Å². The molecule has 0 amide bonds. The van der Waals surface area contributed by atoms with Gasteiger partial charge in [-0.3, -0.25) is 4.79 Å². The Kier molecular flexibility index (Phi) is 2.78. The van der Waals surface area contributed by atoms with Crippen molar-refractivity contribution in [3.05, 3.63) is 39.5 Å². The van der Waals surface area contributed by atoms with Crippen molar-refractivity contribution < 1.29 is 14.6 Å². The zero-order valence-electron chi connectivity index (χ0n) is 10.3. The molecule has 4 nitrogen and oxygen atoms in total. The molecule has 0 atom stereocenters. The highest BCUT2D eigenvalue weighted by Crippen LogP contribution is 2.41. The molecule has 0 unspecified atom stereocenters. The molecule has 1 aromatic heterocycles. The van der Waals surface area contributed by atoms with Crippen LogP contribution in [0.3, 0.4) is 0 Å². The van der Waals surface area contributed by atoms with Gasteiger partial charge in [-0.25, -0.2) is 4.79 Å². The minimum absolute atomic E-state index is 0.279. The highest BCUT2D eigenvalue weighted by Gasteiger charge is 2.25. The van der Waals surface area contributed by atoms with Crippen LogP contribution in [-0.4, -0.2) is 18.2 Å². The lowest BCUT2D eigenvalue weighted by Crippen LogP contribution is -2.15. The van der Waals surface area contributed by atoms with E-state index in [4.69, 9.17) is 0 Å². The summed E-state index contributed by atoms with van der Waals surface area (Å²) in [6.07, 6.45) is 2.35. The lowest BCUT2D eigenvalue weighted by atomic mass is 10.1. The quantitative estimate of drug-likeness (QED) is 0.856. The molecule has 1 heterocycles. The van der Waals surface area contributed by atoms with Crippen LogP contribution in [0.1, 0.15) is 34.7 Å². The summed E-state index contributed by atoms with van der Waals surface area (Å²) >= 11 is 1.04. The third kappa shape index (κ3) is 2.00. The Labute approximate surface area is 113 Å². The first-order valence-corrected chi connectivity index (χ1v) is 6.81. The minimum atomic E-state index is -0.799. The van der Waals surface area contributed by atoms with Gasteiger partial charge >= 0.3 is 5.97 Å². The summed E-state index contributed by atoms with van der Waals surface area (Å²) < 4.78 is 5.23. The van der Waals surface area contributed by atoms with Gasteiger partial charge in [-0.15, -0.1) is 0 Å². The molecule has 5 heteroatoms. The first-order chi connectivity index (χ1) is 9.11. The summed E-state index contributed by atoms with van der Waals surface area (Å²) in [5, 5.41) is 10.0. The number of fused-ring (bicyclic) bond motifs is 1. The van der Waals surface area contributed by atoms with Gasteiger partial charge in [0.15, 0.2) is 10.6 Å². The normalized spacial score (nSPS) is 14.6. The Balaban J connectivity index is 2.25. The lowest BCUT2D eigenvalue weighted by molar-refractivity contribution is 0.0597. The number of hydrogen-bond donors (Lipinski definition) is 1. The molecule has 1 N–H and O–H groups in total. The van der Waals surface area contributed by atoms with Gasteiger partial charge in [-0.05, 0) is 36.5 Å². The maximum atomic E-state index is 12.2. The Hall–Kier alpha value is -1.88. The standard InChI is InChI=1S/C14H12O4S/c1-18-13(16)11-12(15)9-5-4-8(7-2-3-7)6-10(9)19-14(11)17/h4-7,17H,2-3H2,1H3. The fraction of sp³-hybridized carbons (Fsp3) is 0.286. The number of ether oxygens (including phenoxy) is 1. The van der Waals surface area contributed by atoms with Crippen LogP contribution in [-0.2, 0) is 4.74 Å². The van der Waals surface area contributed by atoms with Crippen molar-refractivity contribution in [1.82, 2.24) is 0 Å². The molecule has 1 aromatic carbocycles. The van der Waals surface area contributed by atoms with Crippen molar-refractivity contribution in [2.45, 2.75) is 18.8 Å². The van der Waals surface area contributed by atoms with Crippen LogP contribution < -0.4 is 5.43 Å². The van der Waals surface area contributed by atoms with Crippen LogP contribution in [0.5, 0.6) is 5.06 Å². The van der Waals surface area contributed by atoms with Gasteiger partial charge in [-0.2, -0.15) is 0 Å². The fourth-order valence-electron chi connectivity index (χ4n) is 2.15. The average Bonchev–Trinajstić information content (AvgIpc) is 3.22. The second kappa shape index (κ2) is 4.35. The van der Waals surface area contributed by atoms with Crippen molar-refractivity contribution in [3.63, 3.8) is 0 Å². The first-order valence-electron chi connectivity index (χ1n) is 6.00. The van der Waals surface area contributed by atoms with E-state index in [-0.39, 0.29) is 10.6 Å². The molecule has 1 aliphatic rings. The highest BCUT2D eigenvalue weighted by molar-refractivity contribution is 7.20. The summed E-state index contributed by atoms with van der Waals surface area (Å²) in [7, 11) is 1.19. The second-order valence-corrected chi connectivity index (χ2v) is 5.66. The molecule has 2 aromatic rings. The summed E-state index contributed by atoms with van der Waals surface area (Å²) in [6.45, 7) is 0. The lowest BCUT2D eigenvalue weighted by Gasteiger charge is -2.05. The van der Waals surface area contributed by atoms with Crippen LogP contribution in [0.15, 0.2) is 23.0 Å². The highest BCUT2D eigenvalue weighted by atomic mass is 32.1. The molecular formula is C14H12O4S. The number of esters is 1. The van der Waals surface area contributed by atoms with E-state index < -0.39 is 11.4 Å². The monoisotopic (exact) mass is 276 g/mol. The van der Waals surface area contributed by atoms with Crippen LogP contribution in [0.25, 0.3) is 10.1 Å². The second-order valence-electron chi connectivity index (χ2n) is 4.63. The molecule has 0 aliphatic heterocycles. The summed E-state index contributed by atoms with van der Waals surface area (Å²) in [4.78, 5) is 23.7. The maximum absolute atomic E-state index is 12.2. The van der Waals surface area contributed by atoms with Crippen molar-refractivity contribution in [3.8, 4) is 5.06 Å². The number of aromatic hydroxyl groups is 1. The molecule has 0 radical (unpaired) electrons. The molecule has 0 bridgehead atoms. The Morgan fingerprint density at radius 2 is 2.16 bits per heavy atom. The zero-order chi connectivity index (χ0) is 13.6. The smallest absolute Gasteiger partial charge is 0.346 e. The van der Waals surface area contributed by atoms with Crippen LogP contribution >= 0.6 is 11.3 Å². The van der Waals surface area contributed by atoms with Crippen LogP contribution in [0.2, 0.25) is 0 Å². The van der Waals surface area contributed by atoms with Gasteiger partial charge in [0.2, 0.25) is 5.43 Å². The molecule has 19 heavy (non-hydrogen) atoms. The van der Waals surface area contributed by atoms with E-state index in [9.17, 15) is 14.7 Å². The Bertz CT molecular complexity index is 728. The predicted molar refractivity (Wildman–Crippen MR) is 73.1 cm³/mol. The van der Waals surface area contributed by atoms with Crippen molar-refractivity contribution in [1.29, 1.82) is 0 Å². The molecule has 0 saturated heterocycles. The van der Waals surface area contributed by atoms with Gasteiger partial charge in [0.25, 0.3) is 0 Å². The van der Waals surface area contributed by atoms with E-state index in [2.05, 4.69) is 4.74 Å². The average molecular weight is 276 g/mol. The van der Waals surface area contributed by atoms with E-state index >= 15 is 0 Å². The number of benzene rings is 1. The SMILES string of the molecule is COC(=O)c1c(O)sc2cc(C3CC3)ccc2c1=O.